The highest BCUT2D eigenvalue weighted by atomic mass is 32.2. The molecule has 1 aromatic heterocycles. The van der Waals surface area contributed by atoms with Gasteiger partial charge in [-0.05, 0) is 63.8 Å². The number of thioether (sulfide) groups is 1. The third-order valence-corrected chi connectivity index (χ3v) is 4.46. The number of hydrogen-bond acceptors (Lipinski definition) is 3. The van der Waals surface area contributed by atoms with E-state index in [1.54, 1.807) is 11.8 Å². The molecule has 0 bridgehead atoms. The van der Waals surface area contributed by atoms with Gasteiger partial charge in [-0.15, -0.1) is 11.8 Å². The number of aryl methyl sites for hydroxylation is 3. The molecule has 0 radical (unpaired) electrons. The molecule has 1 aromatic carbocycles. The zero-order valence-electron chi connectivity index (χ0n) is 13.4. The molecule has 1 heterocycles. The van der Waals surface area contributed by atoms with Gasteiger partial charge in [0.25, 0.3) is 0 Å². The van der Waals surface area contributed by atoms with Crippen LogP contribution >= 0.6 is 11.8 Å². The Balaban J connectivity index is 1.76. The van der Waals surface area contributed by atoms with E-state index in [2.05, 4.69) is 65.5 Å². The van der Waals surface area contributed by atoms with Crippen LogP contribution in [0.1, 0.15) is 36.3 Å². The maximum Gasteiger partial charge on any atom is 0.0596 e. The monoisotopic (exact) mass is 303 g/mol. The Morgan fingerprint density at radius 2 is 1.95 bits per heavy atom. The first-order valence-corrected chi connectivity index (χ1v) is 8.71. The minimum absolute atomic E-state index is 0.390. The fourth-order valence-corrected chi connectivity index (χ4v) is 2.87. The van der Waals surface area contributed by atoms with Crippen molar-refractivity contribution in [3.63, 3.8) is 0 Å². The summed E-state index contributed by atoms with van der Waals surface area (Å²) in [4.78, 5) is 1.32. The lowest BCUT2D eigenvalue weighted by atomic mass is 10.1. The summed E-state index contributed by atoms with van der Waals surface area (Å²) in [6.45, 7) is 8.36. The van der Waals surface area contributed by atoms with Crippen molar-refractivity contribution in [3.8, 4) is 0 Å². The van der Waals surface area contributed by atoms with Crippen molar-refractivity contribution >= 4 is 11.8 Å². The van der Waals surface area contributed by atoms with Gasteiger partial charge in [0.2, 0.25) is 0 Å². The molecule has 0 aliphatic heterocycles. The van der Waals surface area contributed by atoms with Crippen molar-refractivity contribution in [2.24, 2.45) is 0 Å². The van der Waals surface area contributed by atoms with E-state index in [0.29, 0.717) is 6.04 Å². The molecule has 0 aliphatic carbocycles. The second-order valence-electron chi connectivity index (χ2n) is 5.45. The first-order chi connectivity index (χ1) is 10.1. The highest BCUT2D eigenvalue weighted by molar-refractivity contribution is 7.98. The molecule has 0 amide bonds. The Kier molecular flexibility index (Phi) is 5.88. The van der Waals surface area contributed by atoms with E-state index >= 15 is 0 Å². The predicted molar refractivity (Wildman–Crippen MR) is 91.0 cm³/mol. The van der Waals surface area contributed by atoms with E-state index in [4.69, 9.17) is 0 Å². The van der Waals surface area contributed by atoms with Crippen LogP contribution in [0, 0.1) is 13.8 Å². The molecule has 0 saturated carbocycles. The van der Waals surface area contributed by atoms with Crippen LogP contribution in [0.3, 0.4) is 0 Å². The molecular weight excluding hydrogens is 278 g/mol. The molecule has 1 unspecified atom stereocenters. The lowest BCUT2D eigenvalue weighted by molar-refractivity contribution is 0.500. The molecule has 4 heteroatoms. The predicted octanol–water partition coefficient (Wildman–Crippen LogP) is 3.96. The first-order valence-electron chi connectivity index (χ1n) is 7.48. The number of hydrogen-bond donors (Lipinski definition) is 1. The van der Waals surface area contributed by atoms with Gasteiger partial charge in [0, 0.05) is 23.2 Å². The van der Waals surface area contributed by atoms with E-state index in [1.807, 2.05) is 6.92 Å². The average molecular weight is 303 g/mol. The van der Waals surface area contributed by atoms with Crippen LogP contribution in [0.4, 0.5) is 0 Å². The van der Waals surface area contributed by atoms with Crippen LogP contribution in [0.2, 0.25) is 0 Å². The number of rotatable bonds is 7. The van der Waals surface area contributed by atoms with E-state index in [-0.39, 0.29) is 0 Å². The zero-order valence-corrected chi connectivity index (χ0v) is 14.2. The fraction of sp³-hybridized carbons (Fsp3) is 0.471. The van der Waals surface area contributed by atoms with Crippen molar-refractivity contribution in [1.82, 2.24) is 15.1 Å². The molecule has 114 valence electrons. The molecule has 0 saturated heterocycles. The van der Waals surface area contributed by atoms with Crippen molar-refractivity contribution < 1.29 is 0 Å². The SMILES string of the molecule is CSc1ccc(C(C)NCCCn2nc(C)cc2C)cc1. The molecule has 0 aliphatic rings. The largest absolute Gasteiger partial charge is 0.310 e. The molecule has 1 atom stereocenters. The van der Waals surface area contributed by atoms with Crippen molar-refractivity contribution in [3.05, 3.63) is 47.3 Å². The molecule has 2 rings (SSSR count). The fourth-order valence-electron chi connectivity index (χ4n) is 2.46. The Morgan fingerprint density at radius 1 is 1.24 bits per heavy atom. The van der Waals surface area contributed by atoms with E-state index < -0.39 is 0 Å². The molecule has 0 spiro atoms. The summed E-state index contributed by atoms with van der Waals surface area (Å²) < 4.78 is 2.09. The lowest BCUT2D eigenvalue weighted by Gasteiger charge is -2.15. The van der Waals surface area contributed by atoms with Crippen molar-refractivity contribution in [1.29, 1.82) is 0 Å². The van der Waals surface area contributed by atoms with Gasteiger partial charge in [-0.2, -0.15) is 5.10 Å². The Labute approximate surface area is 132 Å². The quantitative estimate of drug-likeness (QED) is 0.620. The van der Waals surface area contributed by atoms with Gasteiger partial charge in [0.15, 0.2) is 0 Å². The number of benzene rings is 1. The number of nitrogens with zero attached hydrogens (tertiary/aromatic N) is 2. The lowest BCUT2D eigenvalue weighted by Crippen LogP contribution is -2.21. The second-order valence-corrected chi connectivity index (χ2v) is 6.33. The standard InChI is InChI=1S/C17H25N3S/c1-13-12-14(2)20(19-13)11-5-10-18-15(3)16-6-8-17(21-4)9-7-16/h6-9,12,15,18H,5,10-11H2,1-4H3. The van der Waals surface area contributed by atoms with Gasteiger partial charge in [0.05, 0.1) is 5.69 Å². The van der Waals surface area contributed by atoms with Crippen molar-refractivity contribution in [2.75, 3.05) is 12.8 Å². The van der Waals surface area contributed by atoms with E-state index in [0.717, 1.165) is 25.2 Å². The summed E-state index contributed by atoms with van der Waals surface area (Å²) in [5.41, 5.74) is 3.69. The molecule has 0 fully saturated rings. The summed E-state index contributed by atoms with van der Waals surface area (Å²) in [6.07, 6.45) is 3.20. The van der Waals surface area contributed by atoms with Crippen LogP contribution in [0.25, 0.3) is 0 Å². The molecule has 2 aromatic rings. The minimum atomic E-state index is 0.390. The maximum atomic E-state index is 4.49. The van der Waals surface area contributed by atoms with E-state index in [9.17, 15) is 0 Å². The van der Waals surface area contributed by atoms with Gasteiger partial charge < -0.3 is 5.32 Å². The van der Waals surface area contributed by atoms with E-state index in [1.165, 1.54) is 16.2 Å². The van der Waals surface area contributed by atoms with Crippen LogP contribution in [-0.2, 0) is 6.54 Å². The second kappa shape index (κ2) is 7.66. The normalized spacial score (nSPS) is 12.6. The minimum Gasteiger partial charge on any atom is -0.310 e. The molecule has 21 heavy (non-hydrogen) atoms. The maximum absolute atomic E-state index is 4.49. The highest BCUT2D eigenvalue weighted by Gasteiger charge is 2.05. The molecular formula is C17H25N3S. The van der Waals surface area contributed by atoms with Crippen LogP contribution in [0.5, 0.6) is 0 Å². The van der Waals surface area contributed by atoms with Gasteiger partial charge >= 0.3 is 0 Å². The first kappa shape index (κ1) is 16.1. The summed E-state index contributed by atoms with van der Waals surface area (Å²) in [5.74, 6) is 0. The Morgan fingerprint density at radius 3 is 2.52 bits per heavy atom. The topological polar surface area (TPSA) is 29.9 Å². The Bertz CT molecular complexity index is 560. The summed E-state index contributed by atoms with van der Waals surface area (Å²) in [6, 6.07) is 11.3. The van der Waals surface area contributed by atoms with Gasteiger partial charge in [-0.3, -0.25) is 4.68 Å². The van der Waals surface area contributed by atoms with Gasteiger partial charge in [-0.25, -0.2) is 0 Å². The van der Waals surface area contributed by atoms with Crippen molar-refractivity contribution in [2.45, 2.75) is 44.7 Å². The molecule has 1 N–H and O–H groups in total. The van der Waals surface area contributed by atoms with Crippen LogP contribution in [-0.4, -0.2) is 22.6 Å². The Hall–Kier alpha value is -1.26. The molecule has 3 nitrogen and oxygen atoms in total. The zero-order chi connectivity index (χ0) is 15.2. The van der Waals surface area contributed by atoms with Crippen LogP contribution < -0.4 is 5.32 Å². The third-order valence-electron chi connectivity index (χ3n) is 3.72. The number of aromatic nitrogens is 2. The smallest absolute Gasteiger partial charge is 0.0596 e. The highest BCUT2D eigenvalue weighted by Crippen LogP contribution is 2.18. The van der Waals surface area contributed by atoms with Crippen LogP contribution in [0.15, 0.2) is 35.2 Å². The van der Waals surface area contributed by atoms with Gasteiger partial charge in [-0.1, -0.05) is 12.1 Å². The third kappa shape index (κ3) is 4.61. The summed E-state index contributed by atoms with van der Waals surface area (Å²) in [5, 5.41) is 8.08. The average Bonchev–Trinajstić information content (AvgIpc) is 2.81. The number of nitrogens with one attached hydrogen (secondary N) is 1. The van der Waals surface area contributed by atoms with Gasteiger partial charge in [0.1, 0.15) is 0 Å². The summed E-state index contributed by atoms with van der Waals surface area (Å²) >= 11 is 1.78. The summed E-state index contributed by atoms with van der Waals surface area (Å²) in [7, 11) is 0.